The Bertz CT molecular complexity index is 645. The van der Waals surface area contributed by atoms with E-state index in [1.165, 1.54) is 11.8 Å². The topological polar surface area (TPSA) is 69.0 Å². The van der Waals surface area contributed by atoms with Gasteiger partial charge in [0.1, 0.15) is 5.82 Å². The van der Waals surface area contributed by atoms with Gasteiger partial charge >= 0.3 is 0 Å². The van der Waals surface area contributed by atoms with Crippen molar-refractivity contribution in [3.05, 3.63) is 35.1 Å². The van der Waals surface area contributed by atoms with Crippen LogP contribution in [0.4, 0.5) is 5.69 Å². The minimum atomic E-state index is -0.0959. The lowest BCUT2D eigenvalue weighted by Gasteiger charge is -2.08. The molecule has 1 aromatic heterocycles. The molecule has 1 N–H and O–H groups in total. The van der Waals surface area contributed by atoms with Crippen molar-refractivity contribution >= 4 is 35.0 Å². The van der Waals surface area contributed by atoms with E-state index in [0.717, 1.165) is 29.6 Å². The van der Waals surface area contributed by atoms with Gasteiger partial charge in [-0.3, -0.25) is 4.79 Å². The van der Waals surface area contributed by atoms with Gasteiger partial charge in [0.2, 0.25) is 5.91 Å². The number of rotatable bonds is 8. The monoisotopic (exact) mass is 354 g/mol. The second-order valence-corrected chi connectivity index (χ2v) is 6.25. The molecule has 23 heavy (non-hydrogen) atoms. The summed E-state index contributed by atoms with van der Waals surface area (Å²) in [6.07, 6.45) is 0.875. The number of carbonyl (C=O) groups excluding carboxylic acids is 1. The van der Waals surface area contributed by atoms with Gasteiger partial charge in [0.25, 0.3) is 0 Å². The van der Waals surface area contributed by atoms with Crippen molar-refractivity contribution in [2.75, 3.05) is 24.8 Å². The van der Waals surface area contributed by atoms with Gasteiger partial charge < -0.3 is 14.6 Å². The first-order chi connectivity index (χ1) is 11.1. The third-order valence-corrected chi connectivity index (χ3v) is 4.31. The molecule has 1 aromatic carbocycles. The van der Waals surface area contributed by atoms with Crippen LogP contribution in [0.5, 0.6) is 0 Å². The SMILES string of the molecule is COCCCn1c(C)nnc1SCC(=O)Nc1ccc(Cl)cc1. The maximum atomic E-state index is 12.0. The van der Waals surface area contributed by atoms with Crippen LogP contribution in [0.1, 0.15) is 12.2 Å². The molecule has 0 radical (unpaired) electrons. The Labute approximate surface area is 144 Å². The molecule has 2 rings (SSSR count). The van der Waals surface area contributed by atoms with Gasteiger partial charge in [-0.2, -0.15) is 0 Å². The van der Waals surface area contributed by atoms with Gasteiger partial charge in [0, 0.05) is 31.0 Å². The molecule has 0 saturated carbocycles. The van der Waals surface area contributed by atoms with Crippen molar-refractivity contribution in [2.24, 2.45) is 0 Å². The number of nitrogens with one attached hydrogen (secondary N) is 1. The molecule has 0 aliphatic rings. The standard InChI is InChI=1S/C15H19ClN4O2S/c1-11-18-19-15(20(11)8-3-9-22-2)23-10-14(21)17-13-6-4-12(16)5-7-13/h4-7H,3,8-10H2,1-2H3,(H,17,21). The maximum absolute atomic E-state index is 12.0. The Morgan fingerprint density at radius 3 is 2.78 bits per heavy atom. The number of hydrogen-bond acceptors (Lipinski definition) is 5. The normalized spacial score (nSPS) is 10.7. The number of methoxy groups -OCH3 is 1. The zero-order valence-electron chi connectivity index (χ0n) is 13.1. The molecule has 0 atom stereocenters. The average molecular weight is 355 g/mol. The first kappa shape index (κ1) is 17.8. The molecule has 0 aliphatic carbocycles. The predicted molar refractivity (Wildman–Crippen MR) is 92.1 cm³/mol. The summed E-state index contributed by atoms with van der Waals surface area (Å²) in [5, 5.41) is 12.4. The van der Waals surface area contributed by atoms with Gasteiger partial charge in [-0.05, 0) is 37.6 Å². The van der Waals surface area contributed by atoms with E-state index in [0.29, 0.717) is 11.6 Å². The number of thioether (sulfide) groups is 1. The zero-order valence-corrected chi connectivity index (χ0v) is 14.7. The van der Waals surface area contributed by atoms with Crippen molar-refractivity contribution in [2.45, 2.75) is 25.0 Å². The Hall–Kier alpha value is -1.57. The molecule has 0 unspecified atom stereocenters. The highest BCUT2D eigenvalue weighted by molar-refractivity contribution is 7.99. The summed E-state index contributed by atoms with van der Waals surface area (Å²) >= 11 is 7.18. The molecule has 0 aliphatic heterocycles. The molecule has 0 spiro atoms. The minimum absolute atomic E-state index is 0.0959. The molecular weight excluding hydrogens is 336 g/mol. The van der Waals surface area contributed by atoms with E-state index in [4.69, 9.17) is 16.3 Å². The van der Waals surface area contributed by atoms with Crippen LogP contribution in [-0.2, 0) is 16.1 Å². The first-order valence-corrected chi connectivity index (χ1v) is 8.53. The predicted octanol–water partition coefficient (Wildman–Crippen LogP) is 3.01. The molecule has 0 fully saturated rings. The lowest BCUT2D eigenvalue weighted by molar-refractivity contribution is -0.113. The fraction of sp³-hybridized carbons (Fsp3) is 0.400. The van der Waals surface area contributed by atoms with Crippen LogP contribution in [-0.4, -0.2) is 40.1 Å². The third-order valence-electron chi connectivity index (χ3n) is 3.09. The van der Waals surface area contributed by atoms with Gasteiger partial charge in [-0.15, -0.1) is 10.2 Å². The number of ether oxygens (including phenoxy) is 1. The number of nitrogens with zero attached hydrogens (tertiary/aromatic N) is 3. The largest absolute Gasteiger partial charge is 0.385 e. The summed E-state index contributed by atoms with van der Waals surface area (Å²) in [4.78, 5) is 12.0. The number of halogens is 1. The van der Waals surface area contributed by atoms with Gasteiger partial charge in [0.05, 0.1) is 5.75 Å². The van der Waals surface area contributed by atoms with Crippen molar-refractivity contribution in [1.29, 1.82) is 0 Å². The number of benzene rings is 1. The smallest absolute Gasteiger partial charge is 0.234 e. The highest BCUT2D eigenvalue weighted by Crippen LogP contribution is 2.18. The zero-order chi connectivity index (χ0) is 16.7. The first-order valence-electron chi connectivity index (χ1n) is 7.17. The van der Waals surface area contributed by atoms with E-state index in [1.54, 1.807) is 31.4 Å². The summed E-state index contributed by atoms with van der Waals surface area (Å²) in [5.41, 5.74) is 0.720. The number of anilines is 1. The summed E-state index contributed by atoms with van der Waals surface area (Å²) < 4.78 is 7.06. The van der Waals surface area contributed by atoms with E-state index in [2.05, 4.69) is 15.5 Å². The summed E-state index contributed by atoms with van der Waals surface area (Å²) in [6.45, 7) is 3.35. The molecule has 6 nitrogen and oxygen atoms in total. The van der Waals surface area contributed by atoms with Crippen LogP contribution in [0.25, 0.3) is 0 Å². The number of aromatic nitrogens is 3. The van der Waals surface area contributed by atoms with Gasteiger partial charge in [0.15, 0.2) is 5.16 Å². The number of amides is 1. The Balaban J connectivity index is 1.87. The molecular formula is C15H19ClN4O2S. The second-order valence-electron chi connectivity index (χ2n) is 4.87. The van der Waals surface area contributed by atoms with Crippen LogP contribution >= 0.6 is 23.4 Å². The van der Waals surface area contributed by atoms with Crippen LogP contribution in [0, 0.1) is 6.92 Å². The molecule has 1 heterocycles. The van der Waals surface area contributed by atoms with E-state index in [-0.39, 0.29) is 11.7 Å². The van der Waals surface area contributed by atoms with Crippen LogP contribution in [0.2, 0.25) is 5.02 Å². The fourth-order valence-electron chi connectivity index (χ4n) is 1.95. The summed E-state index contributed by atoms with van der Waals surface area (Å²) in [6, 6.07) is 7.00. The quantitative estimate of drug-likeness (QED) is 0.583. The Morgan fingerprint density at radius 2 is 2.09 bits per heavy atom. The summed E-state index contributed by atoms with van der Waals surface area (Å²) in [7, 11) is 1.68. The van der Waals surface area contributed by atoms with Crippen LogP contribution in [0.15, 0.2) is 29.4 Å². The highest BCUT2D eigenvalue weighted by Gasteiger charge is 2.11. The van der Waals surface area contributed by atoms with Crippen LogP contribution in [0.3, 0.4) is 0 Å². The lowest BCUT2D eigenvalue weighted by Crippen LogP contribution is -2.14. The van der Waals surface area contributed by atoms with Crippen molar-refractivity contribution in [3.63, 3.8) is 0 Å². The van der Waals surface area contributed by atoms with Crippen molar-refractivity contribution in [1.82, 2.24) is 14.8 Å². The molecule has 8 heteroatoms. The van der Waals surface area contributed by atoms with E-state index in [9.17, 15) is 4.79 Å². The van der Waals surface area contributed by atoms with E-state index in [1.807, 2.05) is 11.5 Å². The third kappa shape index (κ3) is 5.53. The average Bonchev–Trinajstić information content (AvgIpc) is 2.88. The second kappa shape index (κ2) is 8.90. The molecule has 0 bridgehead atoms. The van der Waals surface area contributed by atoms with E-state index < -0.39 is 0 Å². The van der Waals surface area contributed by atoms with Gasteiger partial charge in [-0.25, -0.2) is 0 Å². The minimum Gasteiger partial charge on any atom is -0.385 e. The molecule has 1 amide bonds. The lowest BCUT2D eigenvalue weighted by atomic mass is 10.3. The Kier molecular flexibility index (Phi) is 6.88. The number of carbonyl (C=O) groups is 1. The van der Waals surface area contributed by atoms with Gasteiger partial charge in [-0.1, -0.05) is 23.4 Å². The number of aryl methyl sites for hydroxylation is 1. The molecule has 124 valence electrons. The molecule has 0 saturated heterocycles. The maximum Gasteiger partial charge on any atom is 0.234 e. The van der Waals surface area contributed by atoms with Crippen molar-refractivity contribution in [3.8, 4) is 0 Å². The fourth-order valence-corrected chi connectivity index (χ4v) is 2.89. The number of hydrogen-bond donors (Lipinski definition) is 1. The van der Waals surface area contributed by atoms with Crippen molar-refractivity contribution < 1.29 is 9.53 Å². The highest BCUT2D eigenvalue weighted by atomic mass is 35.5. The van der Waals surface area contributed by atoms with Crippen LogP contribution < -0.4 is 5.32 Å². The Morgan fingerprint density at radius 1 is 1.35 bits per heavy atom. The molecule has 2 aromatic rings. The summed E-state index contributed by atoms with van der Waals surface area (Å²) in [5.74, 6) is 1.01. The van der Waals surface area contributed by atoms with E-state index >= 15 is 0 Å².